The molecule has 92 valence electrons. The summed E-state index contributed by atoms with van der Waals surface area (Å²) in [4.78, 5) is 2.08. The quantitative estimate of drug-likeness (QED) is 0.909. The standard InChI is InChI=1S/C11H13BrN2OS2/c1-2-3-8-11(17-14-13-8)9(15)6-7-4-5-10(12)16-7/h4-5,9,15H,2-3,6H2,1H3. The Kier molecular flexibility index (Phi) is 4.67. The molecule has 0 aliphatic carbocycles. The van der Waals surface area contributed by atoms with Gasteiger partial charge in [-0.3, -0.25) is 0 Å². The van der Waals surface area contributed by atoms with E-state index in [1.807, 2.05) is 12.1 Å². The van der Waals surface area contributed by atoms with E-state index in [4.69, 9.17) is 0 Å². The van der Waals surface area contributed by atoms with Crippen molar-refractivity contribution < 1.29 is 5.11 Å². The van der Waals surface area contributed by atoms with Crippen molar-refractivity contribution in [2.75, 3.05) is 0 Å². The summed E-state index contributed by atoms with van der Waals surface area (Å²) in [6, 6.07) is 4.04. The van der Waals surface area contributed by atoms with E-state index in [-0.39, 0.29) is 0 Å². The van der Waals surface area contributed by atoms with Gasteiger partial charge >= 0.3 is 0 Å². The lowest BCUT2D eigenvalue weighted by molar-refractivity contribution is 0.182. The maximum atomic E-state index is 10.2. The van der Waals surface area contributed by atoms with Crippen LogP contribution in [0.3, 0.4) is 0 Å². The van der Waals surface area contributed by atoms with Crippen LogP contribution in [0.1, 0.15) is 34.9 Å². The first-order valence-corrected chi connectivity index (χ1v) is 7.82. The average Bonchev–Trinajstić information content (AvgIpc) is 2.88. The molecule has 0 spiro atoms. The highest BCUT2D eigenvalue weighted by Gasteiger charge is 2.17. The molecule has 6 heteroatoms. The maximum absolute atomic E-state index is 10.2. The molecule has 2 aromatic rings. The van der Waals surface area contributed by atoms with Gasteiger partial charge in [-0.05, 0) is 46.0 Å². The van der Waals surface area contributed by atoms with E-state index in [1.54, 1.807) is 11.3 Å². The normalized spacial score (nSPS) is 12.9. The summed E-state index contributed by atoms with van der Waals surface area (Å²) in [5, 5.41) is 14.3. The van der Waals surface area contributed by atoms with Gasteiger partial charge in [0, 0.05) is 11.3 Å². The zero-order valence-electron chi connectivity index (χ0n) is 9.39. The van der Waals surface area contributed by atoms with Crippen LogP contribution >= 0.6 is 38.8 Å². The minimum absolute atomic E-state index is 0.484. The Bertz CT molecular complexity index is 483. The lowest BCUT2D eigenvalue weighted by Crippen LogP contribution is -2.02. The molecular weight excluding hydrogens is 320 g/mol. The van der Waals surface area contributed by atoms with Gasteiger partial charge < -0.3 is 5.11 Å². The second kappa shape index (κ2) is 6.04. The largest absolute Gasteiger partial charge is 0.387 e. The van der Waals surface area contributed by atoms with Gasteiger partial charge in [0.05, 0.1) is 20.5 Å². The molecule has 0 fully saturated rings. The minimum atomic E-state index is -0.484. The molecule has 0 aliphatic rings. The number of aliphatic hydroxyl groups is 1. The van der Waals surface area contributed by atoms with Crippen LogP contribution in [0.5, 0.6) is 0 Å². The van der Waals surface area contributed by atoms with Gasteiger partial charge in [0.1, 0.15) is 0 Å². The van der Waals surface area contributed by atoms with Gasteiger partial charge in [-0.15, -0.1) is 16.4 Å². The van der Waals surface area contributed by atoms with E-state index < -0.39 is 6.10 Å². The van der Waals surface area contributed by atoms with E-state index in [2.05, 4.69) is 32.4 Å². The van der Waals surface area contributed by atoms with E-state index in [0.29, 0.717) is 6.42 Å². The highest BCUT2D eigenvalue weighted by Crippen LogP contribution is 2.29. The molecule has 2 aromatic heterocycles. The molecule has 0 saturated heterocycles. The molecule has 3 nitrogen and oxygen atoms in total. The zero-order chi connectivity index (χ0) is 12.3. The monoisotopic (exact) mass is 332 g/mol. The van der Waals surface area contributed by atoms with Crippen molar-refractivity contribution in [1.29, 1.82) is 0 Å². The molecule has 0 aliphatic heterocycles. The van der Waals surface area contributed by atoms with E-state index >= 15 is 0 Å². The summed E-state index contributed by atoms with van der Waals surface area (Å²) in [5.74, 6) is 0. The van der Waals surface area contributed by atoms with Crippen LogP contribution in [-0.2, 0) is 12.8 Å². The van der Waals surface area contributed by atoms with Crippen LogP contribution in [0.2, 0.25) is 0 Å². The number of thiophene rings is 1. The maximum Gasteiger partial charge on any atom is 0.0965 e. The molecule has 0 radical (unpaired) electrons. The Hall–Kier alpha value is -0.300. The number of hydrogen-bond acceptors (Lipinski definition) is 5. The average molecular weight is 333 g/mol. The van der Waals surface area contributed by atoms with Crippen LogP contribution in [0.25, 0.3) is 0 Å². The highest BCUT2D eigenvalue weighted by molar-refractivity contribution is 9.11. The molecule has 2 rings (SSSR count). The molecular formula is C11H13BrN2OS2. The summed E-state index contributed by atoms with van der Waals surface area (Å²) >= 11 is 6.38. The summed E-state index contributed by atoms with van der Waals surface area (Å²) < 4.78 is 5.03. The van der Waals surface area contributed by atoms with Crippen LogP contribution in [0.4, 0.5) is 0 Å². The second-order valence-corrected chi connectivity index (χ2v) is 7.09. The Balaban J connectivity index is 2.08. The van der Waals surface area contributed by atoms with Crippen LogP contribution in [0.15, 0.2) is 15.9 Å². The fraction of sp³-hybridized carbons (Fsp3) is 0.455. The Morgan fingerprint density at radius 1 is 1.47 bits per heavy atom. The Morgan fingerprint density at radius 2 is 2.29 bits per heavy atom. The van der Waals surface area contributed by atoms with Crippen molar-refractivity contribution in [2.45, 2.75) is 32.3 Å². The Labute approximate surface area is 117 Å². The number of aromatic nitrogens is 2. The molecule has 17 heavy (non-hydrogen) atoms. The molecule has 2 heterocycles. The lowest BCUT2D eigenvalue weighted by Gasteiger charge is -2.07. The SMILES string of the molecule is CCCc1nnsc1C(O)Cc1ccc(Br)s1. The number of aliphatic hydroxyl groups excluding tert-OH is 1. The van der Waals surface area contributed by atoms with Crippen LogP contribution < -0.4 is 0 Å². The summed E-state index contributed by atoms with van der Waals surface area (Å²) in [7, 11) is 0. The smallest absolute Gasteiger partial charge is 0.0965 e. The van der Waals surface area contributed by atoms with Crippen molar-refractivity contribution in [3.63, 3.8) is 0 Å². The van der Waals surface area contributed by atoms with Gasteiger partial charge in [0.25, 0.3) is 0 Å². The highest BCUT2D eigenvalue weighted by atomic mass is 79.9. The zero-order valence-corrected chi connectivity index (χ0v) is 12.6. The van der Waals surface area contributed by atoms with Gasteiger partial charge in [-0.1, -0.05) is 17.8 Å². The first-order chi connectivity index (χ1) is 8.20. The fourth-order valence-corrected chi connectivity index (χ4v) is 3.82. The minimum Gasteiger partial charge on any atom is -0.387 e. The number of halogens is 1. The predicted molar refractivity (Wildman–Crippen MR) is 74.6 cm³/mol. The third kappa shape index (κ3) is 3.34. The lowest BCUT2D eigenvalue weighted by atomic mass is 10.1. The van der Waals surface area contributed by atoms with Crippen molar-refractivity contribution in [1.82, 2.24) is 9.59 Å². The van der Waals surface area contributed by atoms with E-state index in [9.17, 15) is 5.11 Å². The summed E-state index contributed by atoms with van der Waals surface area (Å²) in [6.07, 6.45) is 2.06. The van der Waals surface area contributed by atoms with Gasteiger partial charge in [-0.2, -0.15) is 0 Å². The second-order valence-electron chi connectivity index (χ2n) is 3.76. The molecule has 0 aromatic carbocycles. The van der Waals surface area contributed by atoms with Gasteiger partial charge in [0.15, 0.2) is 0 Å². The topological polar surface area (TPSA) is 46.0 Å². The third-order valence-corrected chi connectivity index (χ3v) is 4.91. The molecule has 0 saturated carbocycles. The van der Waals surface area contributed by atoms with Crippen molar-refractivity contribution in [3.05, 3.63) is 31.4 Å². The van der Waals surface area contributed by atoms with Crippen molar-refractivity contribution in [3.8, 4) is 0 Å². The summed E-state index contributed by atoms with van der Waals surface area (Å²) in [6.45, 7) is 2.10. The molecule has 0 amide bonds. The predicted octanol–water partition coefficient (Wildman–Crippen LogP) is 3.59. The fourth-order valence-electron chi connectivity index (χ4n) is 1.62. The van der Waals surface area contributed by atoms with Crippen LogP contribution in [0, 0.1) is 0 Å². The van der Waals surface area contributed by atoms with Crippen molar-refractivity contribution >= 4 is 38.8 Å². The first kappa shape index (κ1) is 13.1. The van der Waals surface area contributed by atoms with Gasteiger partial charge in [0.2, 0.25) is 0 Å². The molecule has 1 unspecified atom stereocenters. The molecule has 1 atom stereocenters. The Morgan fingerprint density at radius 3 is 2.94 bits per heavy atom. The van der Waals surface area contributed by atoms with E-state index in [1.165, 1.54) is 16.4 Å². The van der Waals surface area contributed by atoms with Gasteiger partial charge in [-0.25, -0.2) is 0 Å². The van der Waals surface area contributed by atoms with Crippen molar-refractivity contribution in [2.24, 2.45) is 0 Å². The number of hydrogen-bond donors (Lipinski definition) is 1. The van der Waals surface area contributed by atoms with Crippen LogP contribution in [-0.4, -0.2) is 14.7 Å². The number of nitrogens with zero attached hydrogens (tertiary/aromatic N) is 2. The first-order valence-electron chi connectivity index (χ1n) is 5.44. The molecule has 0 bridgehead atoms. The number of aryl methyl sites for hydroxylation is 1. The molecule has 1 N–H and O–H groups in total. The van der Waals surface area contributed by atoms with E-state index in [0.717, 1.165) is 27.2 Å². The summed E-state index contributed by atoms with van der Waals surface area (Å²) in [5.41, 5.74) is 0.945. The third-order valence-electron chi connectivity index (χ3n) is 2.40. The number of rotatable bonds is 5.